The first-order valence-corrected chi connectivity index (χ1v) is 14.4. The summed E-state index contributed by atoms with van der Waals surface area (Å²) >= 11 is -2.27. The summed E-state index contributed by atoms with van der Waals surface area (Å²) in [6, 6.07) is 2.94. The summed E-state index contributed by atoms with van der Waals surface area (Å²) in [6.07, 6.45) is -3.51. The Kier molecular flexibility index (Phi) is 3.52. The summed E-state index contributed by atoms with van der Waals surface area (Å²) in [5, 5.41) is 0. The summed E-state index contributed by atoms with van der Waals surface area (Å²) < 4.78 is 40.2. The number of ether oxygens (including phenoxy) is 1. The molecule has 0 unspecified atom stereocenters. The Bertz CT molecular complexity index is 329. The molecule has 0 aliphatic rings. The van der Waals surface area contributed by atoms with Crippen molar-refractivity contribution in [3.05, 3.63) is 18.3 Å². The van der Waals surface area contributed by atoms with Gasteiger partial charge in [-0.1, -0.05) is 0 Å². The van der Waals surface area contributed by atoms with Crippen molar-refractivity contribution in [1.82, 2.24) is 4.98 Å². The van der Waals surface area contributed by atoms with Gasteiger partial charge in [-0.05, 0) is 0 Å². The monoisotopic (exact) mass is 327 g/mol. The second kappa shape index (κ2) is 4.19. The van der Waals surface area contributed by atoms with Crippen molar-refractivity contribution in [1.29, 1.82) is 0 Å². The molecule has 0 fully saturated rings. The first kappa shape index (κ1) is 12.6. The topological polar surface area (TPSA) is 22.1 Å². The van der Waals surface area contributed by atoms with Crippen LogP contribution < -0.4 is 8.45 Å². The SMILES string of the molecule is [CH3][Sn]([CH3])([CH3])[c]1ccc(OC(F)(F)F)cn1. The van der Waals surface area contributed by atoms with E-state index >= 15 is 0 Å². The summed E-state index contributed by atoms with van der Waals surface area (Å²) in [4.78, 5) is 10.4. The van der Waals surface area contributed by atoms with Crippen LogP contribution in [-0.4, -0.2) is 29.7 Å². The predicted molar refractivity (Wildman–Crippen MR) is 53.9 cm³/mol. The number of nitrogens with zero attached hydrogens (tertiary/aromatic N) is 1. The minimum atomic E-state index is -4.64. The first-order valence-electron chi connectivity index (χ1n) is 4.41. The second-order valence-corrected chi connectivity index (χ2v) is 18.5. The van der Waals surface area contributed by atoms with Crippen molar-refractivity contribution in [2.75, 3.05) is 0 Å². The zero-order chi connectivity index (χ0) is 11.7. The van der Waals surface area contributed by atoms with Crippen molar-refractivity contribution in [2.45, 2.75) is 21.2 Å². The van der Waals surface area contributed by atoms with Gasteiger partial charge in [0.15, 0.2) is 0 Å². The molecule has 6 heteroatoms. The molecule has 1 heterocycles. The third kappa shape index (κ3) is 4.27. The Labute approximate surface area is 90.3 Å². The second-order valence-electron chi connectivity index (χ2n) is 4.18. The van der Waals surface area contributed by atoms with Crippen LogP contribution in [0.15, 0.2) is 18.3 Å². The van der Waals surface area contributed by atoms with E-state index in [9.17, 15) is 13.2 Å². The van der Waals surface area contributed by atoms with Crippen molar-refractivity contribution in [2.24, 2.45) is 0 Å². The van der Waals surface area contributed by atoms with Crippen LogP contribution in [0.25, 0.3) is 0 Å². The number of halogens is 3. The number of aromatic nitrogens is 1. The van der Waals surface area contributed by atoms with Crippen LogP contribution in [0.3, 0.4) is 0 Å². The zero-order valence-electron chi connectivity index (χ0n) is 8.72. The number of pyridine rings is 1. The van der Waals surface area contributed by atoms with Gasteiger partial charge >= 0.3 is 90.2 Å². The van der Waals surface area contributed by atoms with E-state index in [1.54, 1.807) is 6.07 Å². The van der Waals surface area contributed by atoms with E-state index in [-0.39, 0.29) is 5.75 Å². The molecule has 0 aliphatic heterocycles. The molecule has 0 aliphatic carbocycles. The van der Waals surface area contributed by atoms with E-state index in [2.05, 4.69) is 24.5 Å². The number of rotatable bonds is 2. The summed E-state index contributed by atoms with van der Waals surface area (Å²) in [6.45, 7) is 0. The zero-order valence-corrected chi connectivity index (χ0v) is 11.6. The average Bonchev–Trinajstić information content (AvgIpc) is 2.00. The molecule has 0 spiro atoms. The normalized spacial score (nSPS) is 12.7. The van der Waals surface area contributed by atoms with Gasteiger partial charge in [0.25, 0.3) is 0 Å². The van der Waals surface area contributed by atoms with Crippen LogP contribution in [0.4, 0.5) is 13.2 Å². The van der Waals surface area contributed by atoms with Gasteiger partial charge in [-0.15, -0.1) is 0 Å². The van der Waals surface area contributed by atoms with Crippen molar-refractivity contribution < 1.29 is 17.9 Å². The van der Waals surface area contributed by atoms with E-state index in [0.717, 1.165) is 9.91 Å². The molecule has 0 N–H and O–H groups in total. The molecule has 2 nitrogen and oxygen atoms in total. The number of hydrogen-bond acceptors (Lipinski definition) is 2. The Balaban J connectivity index is 2.82. The van der Waals surface area contributed by atoms with E-state index in [1.165, 1.54) is 6.07 Å². The molecular formula is C9H12F3NOSn. The molecular weight excluding hydrogens is 314 g/mol. The Hall–Kier alpha value is -0.461. The Morgan fingerprint density at radius 2 is 1.80 bits per heavy atom. The Morgan fingerprint density at radius 3 is 2.13 bits per heavy atom. The quantitative estimate of drug-likeness (QED) is 0.780. The molecule has 0 aromatic carbocycles. The molecule has 1 rings (SSSR count). The Morgan fingerprint density at radius 1 is 1.20 bits per heavy atom. The number of alkyl halides is 3. The summed E-state index contributed by atoms with van der Waals surface area (Å²) in [5.74, 6) is -0.262. The van der Waals surface area contributed by atoms with Crippen molar-refractivity contribution >= 4 is 22.1 Å². The molecule has 84 valence electrons. The van der Waals surface area contributed by atoms with Crippen molar-refractivity contribution in [3.8, 4) is 5.75 Å². The predicted octanol–water partition coefficient (Wildman–Crippen LogP) is 2.53. The van der Waals surface area contributed by atoms with Crippen LogP contribution in [0.5, 0.6) is 5.75 Å². The van der Waals surface area contributed by atoms with Gasteiger partial charge < -0.3 is 0 Å². The average molecular weight is 326 g/mol. The molecule has 0 saturated carbocycles. The fraction of sp³-hybridized carbons (Fsp3) is 0.444. The molecule has 0 atom stereocenters. The van der Waals surface area contributed by atoms with Gasteiger partial charge in [0.1, 0.15) is 0 Å². The van der Waals surface area contributed by atoms with E-state index < -0.39 is 24.7 Å². The van der Waals surface area contributed by atoms with Crippen LogP contribution in [-0.2, 0) is 0 Å². The third-order valence-corrected chi connectivity index (χ3v) is 6.97. The molecule has 15 heavy (non-hydrogen) atoms. The van der Waals surface area contributed by atoms with Gasteiger partial charge in [0, 0.05) is 0 Å². The number of hydrogen-bond donors (Lipinski definition) is 0. The van der Waals surface area contributed by atoms with E-state index in [4.69, 9.17) is 0 Å². The van der Waals surface area contributed by atoms with Gasteiger partial charge in [-0.3, -0.25) is 0 Å². The summed E-state index contributed by atoms with van der Waals surface area (Å²) in [7, 11) is 0. The van der Waals surface area contributed by atoms with Gasteiger partial charge in [0.05, 0.1) is 0 Å². The third-order valence-electron chi connectivity index (χ3n) is 1.74. The minimum absolute atomic E-state index is 0.262. The van der Waals surface area contributed by atoms with Gasteiger partial charge in [-0.25, -0.2) is 0 Å². The first-order chi connectivity index (χ1) is 6.68. The van der Waals surface area contributed by atoms with Crippen LogP contribution in [0.1, 0.15) is 0 Å². The molecule has 0 saturated heterocycles. The van der Waals surface area contributed by atoms with Crippen LogP contribution >= 0.6 is 0 Å². The van der Waals surface area contributed by atoms with Gasteiger partial charge in [0.2, 0.25) is 0 Å². The fourth-order valence-electron chi connectivity index (χ4n) is 1.02. The van der Waals surface area contributed by atoms with Crippen LogP contribution in [0.2, 0.25) is 14.8 Å². The molecule has 0 amide bonds. The van der Waals surface area contributed by atoms with Crippen molar-refractivity contribution in [3.63, 3.8) is 0 Å². The van der Waals surface area contributed by atoms with E-state index in [0.29, 0.717) is 0 Å². The molecule has 1 aromatic heterocycles. The maximum absolute atomic E-state index is 11.8. The van der Waals surface area contributed by atoms with Crippen LogP contribution in [0, 0.1) is 0 Å². The molecule has 0 radical (unpaired) electrons. The van der Waals surface area contributed by atoms with Gasteiger partial charge in [-0.2, -0.15) is 0 Å². The molecule has 1 aromatic rings. The maximum atomic E-state index is 11.8. The summed E-state index contributed by atoms with van der Waals surface area (Å²) in [5.41, 5.74) is 0. The standard InChI is InChI=1S/C6H3F3NO.3CH3.Sn/c7-6(8,9)11-5-2-1-3-10-4-5;;;;/h1-2,4H;3*1H3;. The molecule has 0 bridgehead atoms. The van der Waals surface area contributed by atoms with E-state index in [1.807, 2.05) is 0 Å². The fourth-order valence-corrected chi connectivity index (χ4v) is 3.97.